The molecule has 0 radical (unpaired) electrons. The number of benzene rings is 5. The van der Waals surface area contributed by atoms with Crippen molar-refractivity contribution in [2.24, 2.45) is 109 Å². The molecule has 128 heavy (non-hydrogen) atoms. The summed E-state index contributed by atoms with van der Waals surface area (Å²) in [4.78, 5) is 97.9. The Morgan fingerprint density at radius 2 is 1.43 bits per heavy atom. The highest BCUT2D eigenvalue weighted by atomic mass is 79.9. The van der Waals surface area contributed by atoms with Crippen molar-refractivity contribution in [3.05, 3.63) is 195 Å². The summed E-state index contributed by atoms with van der Waals surface area (Å²) in [5, 5.41) is 28.2. The second-order valence-corrected chi connectivity index (χ2v) is 42.8. The minimum atomic E-state index is -3.97. The second kappa shape index (κ2) is 36.8. The molecule has 12 aliphatic rings. The number of imidazole rings is 1. The van der Waals surface area contributed by atoms with Gasteiger partial charge >= 0.3 is 5.97 Å². The van der Waals surface area contributed by atoms with Gasteiger partial charge in [0.2, 0.25) is 0 Å². The Morgan fingerprint density at radius 1 is 0.742 bits per heavy atom. The van der Waals surface area contributed by atoms with Gasteiger partial charge in [0.05, 0.1) is 11.1 Å². The number of phenolic OH excluding ortho intramolecular Hbond substituents is 1. The molecule has 25 heteroatoms. The molecule has 0 amide bonds. The molecule has 11 aliphatic carbocycles. The summed E-state index contributed by atoms with van der Waals surface area (Å²) in [5.41, 5.74) is 21.5. The molecule has 22 nitrogen and oxygen atoms in total. The number of phenols is 1. The van der Waals surface area contributed by atoms with E-state index in [4.69, 9.17) is 30.2 Å². The molecule has 1 saturated heterocycles. The number of nitrogens with zero attached hydrogens (tertiary/aromatic N) is 5. The number of H-pyrrole nitrogens is 1. The quantitative estimate of drug-likeness (QED) is 0.0106. The largest absolute Gasteiger partial charge is 0.508 e. The van der Waals surface area contributed by atoms with Gasteiger partial charge in [0.15, 0.2) is 22.4 Å². The molecule has 1 aliphatic heterocycles. The molecule has 10 fully saturated rings. The number of carbonyl (C=O) groups excluding carboxylic acids is 6. The molecule has 3 aromatic heterocycles. The topological polar surface area (TPSA) is 354 Å². The maximum absolute atomic E-state index is 13.7. The molecule has 9 saturated carbocycles. The zero-order chi connectivity index (χ0) is 90.8. The number of aliphatic hydroxyl groups is 1. The number of aliphatic hydroxyl groups excluding tert-OH is 1. The third kappa shape index (κ3) is 17.7. The summed E-state index contributed by atoms with van der Waals surface area (Å²) >= 11 is 4.76. The number of aromatic amines is 1. The molecular formula is C103H126BrN9O13S2. The van der Waals surface area contributed by atoms with E-state index in [9.17, 15) is 47.4 Å². The summed E-state index contributed by atoms with van der Waals surface area (Å²) in [7, 11) is -2.31. The number of aromatic hydroxyl groups is 1. The van der Waals surface area contributed by atoms with E-state index in [0.29, 0.717) is 117 Å². The first-order valence-electron chi connectivity index (χ1n) is 45.9. The van der Waals surface area contributed by atoms with Crippen molar-refractivity contribution < 1.29 is 63.6 Å². The first-order chi connectivity index (χ1) is 61.1. The van der Waals surface area contributed by atoms with Gasteiger partial charge in [-0.1, -0.05) is 159 Å². The number of thioether (sulfide) groups is 1. The molecule has 20 rings (SSSR count). The molecule has 0 bridgehead atoms. The van der Waals surface area contributed by atoms with Gasteiger partial charge in [0.1, 0.15) is 76.4 Å². The van der Waals surface area contributed by atoms with Crippen molar-refractivity contribution >= 4 is 102 Å². The Hall–Kier alpha value is -9.37. The minimum absolute atomic E-state index is 0. The highest BCUT2D eigenvalue weighted by Crippen LogP contribution is 2.70. The molecule has 20 atom stereocenters. The van der Waals surface area contributed by atoms with E-state index in [1.807, 2.05) is 115 Å². The first kappa shape index (κ1) is 91.9. The molecule has 8 N–H and O–H groups in total. The fourth-order valence-corrected chi connectivity index (χ4v) is 27.7. The Balaban J connectivity index is 0.000000133. The number of nitrogen functional groups attached to an aromatic ring is 1. The SMILES string of the molecule is CC(=O)OC1CCC2(C)C(CCC3C2CC(=O)C2(C)C3CC(N3CC3)C2C(C)=O)C1.CN=C(N)c1ccc(-c2ccc(-c3ccc(C(=N)N)cc3)o2)cc1.CSc1ncc2[nH]c(C(O)c3ccccc3)nc2n1.C[C@]12CC[C@H]3[C@H](CCC4=CC(=O)CC[C@@]43C)[C@@H]1CC[C@@H]2C(=O)COS(=O)(=O)c1ccc(Br)cc1.Cc1cc(O)cc2c1[C@H]1CC[C@]3(C)C(=O)CC[C@H]3[C@H]1C=C2.[HH].[HH]. The molecule has 5 aromatic carbocycles. The number of ketones is 5. The minimum Gasteiger partial charge on any atom is -0.508 e. The van der Waals surface area contributed by atoms with E-state index in [-0.39, 0.29) is 82.5 Å². The predicted octanol–water partition coefficient (Wildman–Crippen LogP) is 19.6. The number of ether oxygens (including phenoxy) is 1. The number of esters is 1. The van der Waals surface area contributed by atoms with Crippen LogP contribution in [0.5, 0.6) is 5.75 Å². The Labute approximate surface area is 767 Å². The summed E-state index contributed by atoms with van der Waals surface area (Å²) in [5.74, 6) is 8.67. The van der Waals surface area contributed by atoms with Crippen molar-refractivity contribution in [1.29, 1.82) is 5.41 Å². The van der Waals surface area contributed by atoms with Crippen LogP contribution in [0.4, 0.5) is 0 Å². The lowest BCUT2D eigenvalue weighted by Crippen LogP contribution is -2.58. The number of nitrogens with one attached hydrogen (secondary N) is 2. The summed E-state index contributed by atoms with van der Waals surface area (Å²) in [6, 6.07) is 38.6. The number of amidine groups is 2. The van der Waals surface area contributed by atoms with Gasteiger partial charge in [-0.05, 0) is 275 Å². The molecule has 10 unspecified atom stereocenters. The number of aryl methyl sites for hydroxylation is 1. The molecule has 8 aromatic rings. The summed E-state index contributed by atoms with van der Waals surface area (Å²) < 4.78 is 42.7. The lowest BCUT2D eigenvalue weighted by molar-refractivity contribution is -0.167. The average molecular weight is 1840 g/mol. The maximum Gasteiger partial charge on any atom is 0.302 e. The number of halogens is 1. The number of aromatic nitrogens is 4. The number of allylic oxidation sites excluding steroid dienone is 2. The van der Waals surface area contributed by atoms with Gasteiger partial charge in [-0.3, -0.25) is 48.3 Å². The van der Waals surface area contributed by atoms with Crippen molar-refractivity contribution in [1.82, 2.24) is 24.8 Å². The van der Waals surface area contributed by atoms with Gasteiger partial charge in [0, 0.05) is 105 Å². The van der Waals surface area contributed by atoms with Crippen molar-refractivity contribution in [2.75, 3.05) is 33.0 Å². The normalized spacial score (nSPS) is 31.8. The van der Waals surface area contributed by atoms with Crippen molar-refractivity contribution in [3.8, 4) is 28.4 Å². The number of hydrogen-bond acceptors (Lipinski definition) is 20. The fourth-order valence-electron chi connectivity index (χ4n) is 26.2. The number of Topliss-reactive ketones (excluding diaryl/α,β-unsaturated/α-hetero) is 4. The van der Waals surface area contributed by atoms with Crippen LogP contribution >= 0.6 is 27.7 Å². The lowest BCUT2D eigenvalue weighted by Gasteiger charge is -2.60. The van der Waals surface area contributed by atoms with Crippen LogP contribution in [0, 0.1) is 105 Å². The van der Waals surface area contributed by atoms with Crippen molar-refractivity contribution in [2.45, 2.75) is 212 Å². The van der Waals surface area contributed by atoms with E-state index in [1.54, 1.807) is 32.3 Å². The van der Waals surface area contributed by atoms with Gasteiger partial charge in [-0.15, -0.1) is 0 Å². The van der Waals surface area contributed by atoms with Gasteiger partial charge in [-0.25, -0.2) is 15.0 Å². The molecule has 0 spiro atoms. The third-order valence-electron chi connectivity index (χ3n) is 32.9. The molecule has 4 heterocycles. The van der Waals surface area contributed by atoms with E-state index >= 15 is 0 Å². The van der Waals surface area contributed by atoms with E-state index in [2.05, 4.69) is 99.5 Å². The number of nitrogens with two attached hydrogens (primary N) is 2. The summed E-state index contributed by atoms with van der Waals surface area (Å²) in [6.45, 7) is 18.4. The monoisotopic (exact) mass is 1840 g/mol. The van der Waals surface area contributed by atoms with E-state index < -0.39 is 28.2 Å². The number of hydrogen-bond donors (Lipinski definition) is 6. The first-order valence-corrected chi connectivity index (χ1v) is 49.3. The Morgan fingerprint density at radius 3 is 2.09 bits per heavy atom. The van der Waals surface area contributed by atoms with E-state index in [0.717, 1.165) is 166 Å². The van der Waals surface area contributed by atoms with Gasteiger partial charge in [-0.2, -0.15) is 8.42 Å². The van der Waals surface area contributed by atoms with Crippen LogP contribution in [0.25, 0.3) is 39.9 Å². The molecular weight excluding hydrogens is 1720 g/mol. The fraction of sp³-hybridized carbons (Fsp3) is 0.505. The lowest BCUT2D eigenvalue weighted by atomic mass is 9.44. The highest BCUT2D eigenvalue weighted by Gasteiger charge is 2.68. The summed E-state index contributed by atoms with van der Waals surface area (Å²) in [6.07, 6.45) is 27.6. The average Bonchev–Trinajstić information content (AvgIpc) is 1.52. The standard InChI is InChI=1S/C27H33BrO5S.C25H37NO4.C19H18N4O.C19H22O2.C13H12N4OS.2H2/c1-26-13-11-19(29)15-17(26)3-8-21-22-9-10-24(27(22,2)14-12-23(21)26)25(30)16-33-34(31,32)20-6-4-18(28)5-7-20;1-14(27)23-21(26-9-10-26)12-20-18-6-5-16-11-17(30-15(2)28)7-8-24(16,3)19(18)13-22(29)25(20,23)4;1-23-19(22)15-8-4-13(5-9-15)17-11-10-16(24-17)12-2-6-14(7-3-12)18(20)21;1-11-9-13(20)10-12-3-4-14-15(18(11)12)7-8-19(2)16(14)5-6-17(19)21;1-19-13-14-7-9-11(17-13)16-12(15-9)10(18)8-5-3-2-4-6-8;;/h4-7,15,21-24H,3,8-14,16H2,1-2H3;16-21,23H,5-13H2,1-4H3;2-11H,1H3,(H3,20,21)(H2,22,23);3-4,9-10,14-16,20H,5-8H2,1-2H3;2-7,10,18H,1H3,(H,14,15,16,17);2*1H/t21-,22+,23+,24-,26+,27+;;;14-,15-,16-,19-;;;/m1..0.../s1. The van der Waals surface area contributed by atoms with Crippen LogP contribution < -0.4 is 11.5 Å². The zero-order valence-electron chi connectivity index (χ0n) is 75.1. The van der Waals surface area contributed by atoms with Crippen LogP contribution in [0.3, 0.4) is 0 Å². The van der Waals surface area contributed by atoms with Crippen LogP contribution in [0.1, 0.15) is 225 Å². The third-order valence-corrected chi connectivity index (χ3v) is 35.3. The van der Waals surface area contributed by atoms with Crippen molar-refractivity contribution in [3.63, 3.8) is 0 Å². The number of rotatable bonds is 15. The highest BCUT2D eigenvalue weighted by molar-refractivity contribution is 9.10. The number of aliphatic imine (C=N–C) groups is 1. The second-order valence-electron chi connectivity index (χ2n) is 39.5. The number of fused-ring (bicyclic) bond motifs is 16. The van der Waals surface area contributed by atoms with Crippen LogP contribution in [-0.4, -0.2) is 135 Å². The van der Waals surface area contributed by atoms with Crippen LogP contribution in [0.2, 0.25) is 0 Å². The number of carbonyl (C=O) groups is 6. The zero-order valence-corrected chi connectivity index (χ0v) is 78.3. The smallest absolute Gasteiger partial charge is 0.302 e. The van der Waals surface area contributed by atoms with Crippen LogP contribution in [0.15, 0.2) is 175 Å². The molecule has 680 valence electrons. The number of furan rings is 1. The van der Waals surface area contributed by atoms with E-state index in [1.165, 1.54) is 53.1 Å². The van der Waals surface area contributed by atoms with Gasteiger partial charge in [0.25, 0.3) is 10.1 Å². The Kier molecular flexibility index (Phi) is 26.4. The van der Waals surface area contributed by atoms with Crippen LogP contribution in [-0.2, 0) is 47.8 Å². The van der Waals surface area contributed by atoms with Gasteiger partial charge < -0.3 is 35.8 Å². The Bertz CT molecular complexity index is 5810. The maximum atomic E-state index is 13.7. The predicted molar refractivity (Wildman–Crippen MR) is 504 cm³/mol.